The van der Waals surface area contributed by atoms with Crippen LogP contribution in [0.2, 0.25) is 5.02 Å². The average molecular weight is 819 g/mol. The Labute approximate surface area is 331 Å². The summed E-state index contributed by atoms with van der Waals surface area (Å²) in [5.41, 5.74) is 7.15. The molecule has 19 heteroatoms. The lowest BCUT2D eigenvalue weighted by atomic mass is 9.86. The Kier molecular flexibility index (Phi) is 14.9. The third kappa shape index (κ3) is 11.1. The van der Waals surface area contributed by atoms with Crippen LogP contribution in [0.25, 0.3) is 16.8 Å². The molecule has 0 saturated heterocycles. The Morgan fingerprint density at radius 1 is 1.18 bits per heavy atom. The number of aliphatic imine (C=N–C) groups is 1. The normalized spacial score (nSPS) is 14.3. The maximum atomic E-state index is 14.3. The fourth-order valence-corrected chi connectivity index (χ4v) is 5.97. The van der Waals surface area contributed by atoms with Gasteiger partial charge in [-0.2, -0.15) is 28.6 Å². The number of halogens is 6. The first-order chi connectivity index (χ1) is 27.0. The lowest BCUT2D eigenvalue weighted by molar-refractivity contribution is -0.167. The van der Waals surface area contributed by atoms with Crippen molar-refractivity contribution >= 4 is 29.9 Å². The number of rotatable bonds is 16. The summed E-state index contributed by atoms with van der Waals surface area (Å²) in [6, 6.07) is 13.1. The molecule has 1 fully saturated rings. The summed E-state index contributed by atoms with van der Waals surface area (Å²) in [5.74, 6) is -1.11. The van der Waals surface area contributed by atoms with E-state index in [1.165, 1.54) is 18.1 Å². The molecular weight excluding hydrogens is 775 g/mol. The van der Waals surface area contributed by atoms with Crippen molar-refractivity contribution < 1.29 is 36.3 Å². The Morgan fingerprint density at radius 3 is 2.44 bits per heavy atom. The Bertz CT molecular complexity index is 2040. The summed E-state index contributed by atoms with van der Waals surface area (Å²) < 4.78 is 71.4. The number of ether oxygens (including phenoxy) is 1. The van der Waals surface area contributed by atoms with Crippen LogP contribution in [0.3, 0.4) is 0 Å². The molecule has 2 amide bonds. The fourth-order valence-electron chi connectivity index (χ4n) is 5.77. The van der Waals surface area contributed by atoms with Gasteiger partial charge in [0.15, 0.2) is 11.8 Å². The molecule has 2 aromatic heterocycles. The number of methoxy groups -OCH3 is 1. The van der Waals surface area contributed by atoms with Crippen molar-refractivity contribution in [3.8, 4) is 22.9 Å². The number of aryl methyl sites for hydroxylation is 1. The van der Waals surface area contributed by atoms with Crippen molar-refractivity contribution in [2.75, 3.05) is 20.3 Å². The van der Waals surface area contributed by atoms with Crippen LogP contribution in [-0.4, -0.2) is 79.7 Å². The number of nitriles is 1. The lowest BCUT2D eigenvalue weighted by Crippen LogP contribution is -2.46. The number of nitrogens with two attached hydrogens (primary N) is 1. The van der Waals surface area contributed by atoms with Crippen molar-refractivity contribution in [1.29, 1.82) is 5.26 Å². The van der Waals surface area contributed by atoms with Gasteiger partial charge in [-0.25, -0.2) is 18.4 Å². The smallest absolute Gasteiger partial charge is 0.382 e. The van der Waals surface area contributed by atoms with Crippen LogP contribution < -0.4 is 11.1 Å². The molecule has 0 bridgehead atoms. The molecule has 0 spiro atoms. The molecule has 1 atom stereocenters. The van der Waals surface area contributed by atoms with E-state index in [1.807, 2.05) is 36.9 Å². The van der Waals surface area contributed by atoms with Gasteiger partial charge in [0.05, 0.1) is 35.6 Å². The molecule has 57 heavy (non-hydrogen) atoms. The van der Waals surface area contributed by atoms with E-state index in [2.05, 4.69) is 33.2 Å². The largest absolute Gasteiger partial charge is 0.411 e. The molecule has 5 rings (SSSR count). The summed E-state index contributed by atoms with van der Waals surface area (Å²) in [7, 11) is 1.48. The van der Waals surface area contributed by atoms with Crippen LogP contribution in [-0.2, 0) is 16.1 Å². The third-order valence-electron chi connectivity index (χ3n) is 9.25. The number of aromatic nitrogens is 5. The number of nitrogens with one attached hydrogen (secondary N) is 1. The number of carbonyl (C=O) groups is 2. The predicted octanol–water partition coefficient (Wildman–Crippen LogP) is 7.43. The summed E-state index contributed by atoms with van der Waals surface area (Å²) in [6.45, 7) is 7.03. The van der Waals surface area contributed by atoms with Crippen molar-refractivity contribution in [3.05, 3.63) is 83.2 Å². The quantitative estimate of drug-likeness (QED) is 0.0509. The molecule has 306 valence electrons. The molecule has 1 aliphatic carbocycles. The van der Waals surface area contributed by atoms with Gasteiger partial charge in [-0.3, -0.25) is 24.2 Å². The van der Waals surface area contributed by atoms with E-state index >= 15 is 0 Å². The molecule has 13 nitrogen and oxygen atoms in total. The first-order valence-corrected chi connectivity index (χ1v) is 18.3. The number of benzene rings is 2. The van der Waals surface area contributed by atoms with E-state index in [9.17, 15) is 36.8 Å². The number of carbonyl (C=O) groups excluding carboxylic acids is 2. The number of hydrogen-bond donors (Lipinski definition) is 2. The minimum absolute atomic E-state index is 0.00917. The third-order valence-corrected chi connectivity index (χ3v) is 9.57. The number of guanidine groups is 1. The molecule has 2 heterocycles. The molecule has 1 saturated carbocycles. The minimum Gasteiger partial charge on any atom is -0.382 e. The van der Waals surface area contributed by atoms with Crippen LogP contribution in [0.15, 0.2) is 66.2 Å². The van der Waals surface area contributed by atoms with Gasteiger partial charge in [0, 0.05) is 43.9 Å². The molecule has 4 aromatic rings. The second-order valence-electron chi connectivity index (χ2n) is 14.1. The highest BCUT2D eigenvalue weighted by Crippen LogP contribution is 2.48. The zero-order chi connectivity index (χ0) is 42.0. The van der Waals surface area contributed by atoms with Gasteiger partial charge in [-0.05, 0) is 66.5 Å². The van der Waals surface area contributed by atoms with Crippen LogP contribution in [0, 0.1) is 16.7 Å². The van der Waals surface area contributed by atoms with Gasteiger partial charge >= 0.3 is 6.18 Å². The van der Waals surface area contributed by atoms with Gasteiger partial charge in [-0.15, -0.1) is 0 Å². The van der Waals surface area contributed by atoms with E-state index in [4.69, 9.17) is 22.1 Å². The van der Waals surface area contributed by atoms with Gasteiger partial charge in [-0.1, -0.05) is 50.6 Å². The maximum absolute atomic E-state index is 14.3. The molecule has 2 aromatic carbocycles. The van der Waals surface area contributed by atoms with Gasteiger partial charge in [0.1, 0.15) is 11.9 Å². The number of amides is 2. The number of nitrogens with zero attached hydrogens (tertiary/aromatic N) is 8. The van der Waals surface area contributed by atoms with Gasteiger partial charge in [0.25, 0.3) is 12.3 Å². The molecule has 3 N–H and O–H groups in total. The van der Waals surface area contributed by atoms with Crippen molar-refractivity contribution in [2.45, 2.75) is 83.6 Å². The Morgan fingerprint density at radius 2 is 1.88 bits per heavy atom. The highest BCUT2D eigenvalue weighted by atomic mass is 35.5. The Hall–Kier alpha value is -5.41. The lowest BCUT2D eigenvalue weighted by Gasteiger charge is -2.31. The SMILES string of the molecule is CCCn1cc(-c2ccc(C(=O)N(C(N)=NCCC(C)(C)CC#N)[C@H](COC)c3ccc(Cl)c(-n4ncnc4C(F)F)c3)cc2)cn1.O=CNC1(C(F)(F)F)CC1. The second-order valence-corrected chi connectivity index (χ2v) is 14.5. The first-order valence-electron chi connectivity index (χ1n) is 17.9. The molecule has 0 unspecified atom stereocenters. The fraction of sp³-hybridized carbons (Fsp3) is 0.447. The number of alkyl halides is 5. The topological polar surface area (TPSA) is 169 Å². The molecule has 1 aliphatic rings. The van der Waals surface area contributed by atoms with Crippen LogP contribution in [0.4, 0.5) is 22.0 Å². The molecular formula is C38H44ClF5N10O3. The second kappa shape index (κ2) is 19.2. The van der Waals surface area contributed by atoms with Crippen LogP contribution >= 0.6 is 11.6 Å². The van der Waals surface area contributed by atoms with Crippen LogP contribution in [0.1, 0.15) is 87.1 Å². The van der Waals surface area contributed by atoms with E-state index in [0.717, 1.165) is 35.1 Å². The number of hydrogen-bond acceptors (Lipinski definition) is 8. The summed E-state index contributed by atoms with van der Waals surface area (Å²) in [5, 5.41) is 19.4. The first kappa shape index (κ1) is 44.3. The van der Waals surface area contributed by atoms with Crippen LogP contribution in [0.5, 0.6) is 0 Å². The van der Waals surface area contributed by atoms with E-state index in [-0.39, 0.29) is 54.5 Å². The van der Waals surface area contributed by atoms with Gasteiger partial charge in [0.2, 0.25) is 6.41 Å². The predicted molar refractivity (Wildman–Crippen MR) is 202 cm³/mol. The minimum atomic E-state index is -4.28. The van der Waals surface area contributed by atoms with Crippen molar-refractivity contribution in [2.24, 2.45) is 16.1 Å². The average Bonchev–Trinajstić information content (AvgIpc) is 3.55. The highest BCUT2D eigenvalue weighted by molar-refractivity contribution is 6.32. The maximum Gasteiger partial charge on any atom is 0.411 e. The summed E-state index contributed by atoms with van der Waals surface area (Å²) in [4.78, 5) is 33.5. The summed E-state index contributed by atoms with van der Waals surface area (Å²) in [6.07, 6.45) is -0.493. The van der Waals surface area contributed by atoms with Crippen molar-refractivity contribution in [1.82, 2.24) is 34.8 Å². The summed E-state index contributed by atoms with van der Waals surface area (Å²) >= 11 is 6.45. The van der Waals surface area contributed by atoms with E-state index in [0.29, 0.717) is 24.0 Å². The standard InChI is InChI=1S/C33H38ClF2N9O2.C5H6F3NO/c1-5-16-43-19-25(18-41-43)22-6-8-23(9-7-22)31(46)44(32(38)39-15-13-33(2,3)12-14-37)28(20-47-4)24-10-11-26(34)27(17-24)45-30(29(35)36)40-21-42-45;6-5(7,8)4(1-2-4)9-3-10/h6-11,17-19,21,28-29H,5,12-13,15-16,20H2,1-4H3,(H2,38,39);3H,1-2H2,(H,9,10)/t28-;/m1./s1. The Balaban J connectivity index is 0.000000626. The van der Waals surface area contributed by atoms with E-state index in [1.54, 1.807) is 35.8 Å². The zero-order valence-electron chi connectivity index (χ0n) is 31.8. The van der Waals surface area contributed by atoms with Crippen molar-refractivity contribution in [3.63, 3.8) is 0 Å². The highest BCUT2D eigenvalue weighted by Gasteiger charge is 2.63. The van der Waals surface area contributed by atoms with E-state index < -0.39 is 35.9 Å². The molecule has 0 aliphatic heterocycles. The van der Waals surface area contributed by atoms with Gasteiger partial charge < -0.3 is 15.8 Å². The monoisotopic (exact) mass is 818 g/mol. The zero-order valence-corrected chi connectivity index (χ0v) is 32.6. The molecule has 0 radical (unpaired) electrons.